The van der Waals surface area contributed by atoms with Gasteiger partial charge in [-0.2, -0.15) is 0 Å². The highest BCUT2D eigenvalue weighted by Crippen LogP contribution is 2.45. The lowest BCUT2D eigenvalue weighted by Gasteiger charge is -2.18. The van der Waals surface area contributed by atoms with Gasteiger partial charge in [-0.15, -0.1) is 0 Å². The number of methoxy groups -OCH3 is 2. The molecular weight excluding hydrogens is 360 g/mol. The van der Waals surface area contributed by atoms with Crippen LogP contribution in [0.25, 0.3) is 11.1 Å². The molecule has 1 aliphatic carbocycles. The summed E-state index contributed by atoms with van der Waals surface area (Å²) in [4.78, 5) is 23.8. The summed E-state index contributed by atoms with van der Waals surface area (Å²) in [5, 5.41) is 0. The van der Waals surface area contributed by atoms with Gasteiger partial charge in [-0.3, -0.25) is 4.79 Å². The van der Waals surface area contributed by atoms with Gasteiger partial charge in [-0.25, -0.2) is 4.79 Å². The van der Waals surface area contributed by atoms with Crippen molar-refractivity contribution in [2.45, 2.75) is 26.2 Å². The van der Waals surface area contributed by atoms with E-state index < -0.39 is 5.97 Å². The average Bonchev–Trinajstić information content (AvgIpc) is 3.09. The Morgan fingerprint density at radius 1 is 1.00 bits per heavy atom. The van der Waals surface area contributed by atoms with Crippen LogP contribution in [0.2, 0.25) is 0 Å². The van der Waals surface area contributed by atoms with Crippen LogP contribution in [-0.2, 0) is 16.0 Å². The molecule has 0 aromatic heterocycles. The minimum atomic E-state index is -0.447. The third-order valence-corrected chi connectivity index (χ3v) is 4.64. The van der Waals surface area contributed by atoms with Crippen molar-refractivity contribution in [2.24, 2.45) is 0 Å². The lowest BCUT2D eigenvalue weighted by molar-refractivity contribution is -0.146. The summed E-state index contributed by atoms with van der Waals surface area (Å²) >= 11 is 0. The highest BCUT2D eigenvalue weighted by Gasteiger charge is 2.23. The van der Waals surface area contributed by atoms with Crippen LogP contribution in [0.4, 0.5) is 0 Å². The van der Waals surface area contributed by atoms with E-state index in [1.165, 1.54) is 14.2 Å². The van der Waals surface area contributed by atoms with E-state index in [0.717, 1.165) is 35.1 Å². The fourth-order valence-electron chi connectivity index (χ4n) is 3.28. The van der Waals surface area contributed by atoms with Gasteiger partial charge in [0.1, 0.15) is 0 Å². The maximum Gasteiger partial charge on any atom is 0.344 e. The van der Waals surface area contributed by atoms with Crippen LogP contribution in [0.3, 0.4) is 0 Å². The number of ether oxygens (including phenoxy) is 4. The number of ketones is 1. The van der Waals surface area contributed by atoms with Crippen molar-refractivity contribution in [3.05, 3.63) is 41.5 Å². The summed E-state index contributed by atoms with van der Waals surface area (Å²) in [6, 6.07) is 9.35. The van der Waals surface area contributed by atoms with Gasteiger partial charge in [-0.05, 0) is 36.1 Å². The Morgan fingerprint density at radius 2 is 1.79 bits per heavy atom. The number of hydrogen-bond donors (Lipinski definition) is 0. The van der Waals surface area contributed by atoms with Crippen LogP contribution in [0.1, 0.15) is 35.7 Å². The van der Waals surface area contributed by atoms with Crippen LogP contribution >= 0.6 is 0 Å². The number of Topliss-reactive ketones (excluding diaryl/α,β-unsaturated/α-hetero) is 1. The largest absolute Gasteiger partial charge is 0.493 e. The van der Waals surface area contributed by atoms with E-state index in [1.54, 1.807) is 6.07 Å². The van der Waals surface area contributed by atoms with Crippen molar-refractivity contribution in [3.8, 4) is 28.4 Å². The minimum absolute atomic E-state index is 0.170. The topological polar surface area (TPSA) is 71.1 Å². The second kappa shape index (κ2) is 8.78. The molecular formula is C22H24O6. The summed E-state index contributed by atoms with van der Waals surface area (Å²) in [6.07, 6.45) is 2.01. The van der Waals surface area contributed by atoms with Crippen molar-refractivity contribution in [3.63, 3.8) is 0 Å². The smallest absolute Gasteiger partial charge is 0.344 e. The maximum absolute atomic E-state index is 11.9. The minimum Gasteiger partial charge on any atom is -0.493 e. The Kier molecular flexibility index (Phi) is 6.19. The van der Waals surface area contributed by atoms with E-state index in [-0.39, 0.29) is 12.4 Å². The Bertz CT molecular complexity index is 887. The second-order valence-corrected chi connectivity index (χ2v) is 6.48. The predicted octanol–water partition coefficient (Wildman–Crippen LogP) is 3.83. The van der Waals surface area contributed by atoms with Gasteiger partial charge in [0.25, 0.3) is 0 Å². The Balaban J connectivity index is 1.98. The summed E-state index contributed by atoms with van der Waals surface area (Å²) in [5.41, 5.74) is 3.43. The number of rotatable bonds is 8. The molecule has 0 radical (unpaired) electrons. The molecule has 0 bridgehead atoms. The zero-order valence-corrected chi connectivity index (χ0v) is 16.4. The second-order valence-electron chi connectivity index (χ2n) is 6.48. The number of benzene rings is 2. The summed E-state index contributed by atoms with van der Waals surface area (Å²) in [7, 11) is 3.06. The number of hydrogen-bond acceptors (Lipinski definition) is 6. The zero-order valence-electron chi connectivity index (χ0n) is 16.4. The lowest BCUT2D eigenvalue weighted by Crippen LogP contribution is -2.16. The number of aryl methyl sites for hydroxylation is 1. The highest BCUT2D eigenvalue weighted by molar-refractivity contribution is 6.01. The molecule has 148 valence electrons. The first kappa shape index (κ1) is 19.7. The molecule has 0 heterocycles. The van der Waals surface area contributed by atoms with Crippen LogP contribution in [-0.4, -0.2) is 39.2 Å². The fraction of sp³-hybridized carbons (Fsp3) is 0.364. The first-order chi connectivity index (χ1) is 13.6. The molecule has 2 aromatic rings. The summed E-state index contributed by atoms with van der Waals surface area (Å²) in [6.45, 7) is 2.04. The molecule has 0 saturated heterocycles. The average molecular weight is 384 g/mol. The molecule has 3 rings (SSSR count). The van der Waals surface area contributed by atoms with E-state index >= 15 is 0 Å². The maximum atomic E-state index is 11.9. The van der Waals surface area contributed by atoms with Crippen LogP contribution in [0, 0.1) is 0 Å². The molecule has 0 aliphatic heterocycles. The van der Waals surface area contributed by atoms with Crippen molar-refractivity contribution in [1.82, 2.24) is 0 Å². The molecule has 6 nitrogen and oxygen atoms in total. The van der Waals surface area contributed by atoms with Gasteiger partial charge < -0.3 is 18.9 Å². The quantitative estimate of drug-likeness (QED) is 0.644. The third kappa shape index (κ3) is 3.96. The molecule has 0 unspecified atom stereocenters. The fourth-order valence-corrected chi connectivity index (χ4v) is 3.28. The van der Waals surface area contributed by atoms with Gasteiger partial charge in [0, 0.05) is 17.5 Å². The Labute approximate surface area is 164 Å². The zero-order chi connectivity index (χ0) is 20.1. The predicted molar refractivity (Wildman–Crippen MR) is 104 cm³/mol. The van der Waals surface area contributed by atoms with Crippen molar-refractivity contribution >= 4 is 11.8 Å². The van der Waals surface area contributed by atoms with Crippen LogP contribution in [0.15, 0.2) is 30.3 Å². The van der Waals surface area contributed by atoms with E-state index in [4.69, 9.17) is 18.9 Å². The van der Waals surface area contributed by atoms with Gasteiger partial charge in [-0.1, -0.05) is 25.1 Å². The van der Waals surface area contributed by atoms with Crippen LogP contribution < -0.4 is 14.2 Å². The van der Waals surface area contributed by atoms with E-state index in [9.17, 15) is 9.59 Å². The molecule has 6 heteroatoms. The highest BCUT2D eigenvalue weighted by atomic mass is 16.6. The standard InChI is InChI=1S/C22H24O6/c1-4-11-27-20(24)13-28-21-17(8-10-19(25-2)22(21)26-3)15-5-7-16-14(12-15)6-9-18(16)23/h5,7-8,10,12H,4,6,9,11,13H2,1-3H3. The first-order valence-corrected chi connectivity index (χ1v) is 9.29. The molecule has 2 aromatic carbocycles. The van der Waals surface area contributed by atoms with Gasteiger partial charge in [0.2, 0.25) is 5.75 Å². The van der Waals surface area contributed by atoms with Crippen molar-refractivity contribution in [1.29, 1.82) is 0 Å². The number of carbonyl (C=O) groups is 2. The van der Waals surface area contributed by atoms with Gasteiger partial charge in [0.15, 0.2) is 23.9 Å². The monoisotopic (exact) mass is 384 g/mol. The molecule has 0 N–H and O–H groups in total. The van der Waals surface area contributed by atoms with Crippen molar-refractivity contribution < 1.29 is 28.5 Å². The number of carbonyl (C=O) groups excluding carboxylic acids is 2. The van der Waals surface area contributed by atoms with Gasteiger partial charge in [0.05, 0.1) is 20.8 Å². The van der Waals surface area contributed by atoms with Crippen LogP contribution in [0.5, 0.6) is 17.2 Å². The number of esters is 1. The van der Waals surface area contributed by atoms with E-state index in [0.29, 0.717) is 30.3 Å². The molecule has 0 atom stereocenters. The molecule has 0 amide bonds. The van der Waals surface area contributed by atoms with E-state index in [1.807, 2.05) is 31.2 Å². The lowest BCUT2D eigenvalue weighted by atomic mass is 9.99. The van der Waals surface area contributed by atoms with Gasteiger partial charge >= 0.3 is 5.97 Å². The third-order valence-electron chi connectivity index (χ3n) is 4.64. The molecule has 0 spiro atoms. The Morgan fingerprint density at radius 3 is 2.50 bits per heavy atom. The molecule has 1 aliphatic rings. The SMILES string of the molecule is CCCOC(=O)COc1c(-c2ccc3c(c2)CCC3=O)ccc(OC)c1OC. The number of fused-ring (bicyclic) bond motifs is 1. The van der Waals surface area contributed by atoms with E-state index in [2.05, 4.69) is 0 Å². The molecule has 28 heavy (non-hydrogen) atoms. The Hall–Kier alpha value is -3.02. The summed E-state index contributed by atoms with van der Waals surface area (Å²) < 4.78 is 21.8. The van der Waals surface area contributed by atoms with Crippen molar-refractivity contribution in [2.75, 3.05) is 27.4 Å². The first-order valence-electron chi connectivity index (χ1n) is 9.29. The normalized spacial score (nSPS) is 12.5. The summed E-state index contributed by atoms with van der Waals surface area (Å²) in [5.74, 6) is 1.03. The molecule has 0 fully saturated rings. The molecule has 0 saturated carbocycles.